The molecule has 106 valence electrons. The van der Waals surface area contributed by atoms with Gasteiger partial charge in [0.1, 0.15) is 18.0 Å². The normalized spacial score (nSPS) is 10.3. The van der Waals surface area contributed by atoms with Gasteiger partial charge in [0.25, 0.3) is 0 Å². The zero-order chi connectivity index (χ0) is 14.4. The van der Waals surface area contributed by atoms with E-state index < -0.39 is 0 Å². The van der Waals surface area contributed by atoms with Crippen LogP contribution < -0.4 is 10.6 Å². The Bertz CT molecular complexity index is 572. The Labute approximate surface area is 133 Å². The predicted octanol–water partition coefficient (Wildman–Crippen LogP) is 4.21. The smallest absolute Gasteiger partial charge is 0.139 e. The summed E-state index contributed by atoms with van der Waals surface area (Å²) in [6, 6.07) is 8.20. The Hall–Kier alpha value is -1.37. The molecular formula is C15H19IN4. The van der Waals surface area contributed by atoms with Crippen LogP contribution in [0.1, 0.15) is 25.8 Å². The van der Waals surface area contributed by atoms with Gasteiger partial charge in [-0.1, -0.05) is 25.5 Å². The number of rotatable bonds is 6. The summed E-state index contributed by atoms with van der Waals surface area (Å²) in [5, 5.41) is 6.73. The van der Waals surface area contributed by atoms with E-state index in [0.717, 1.165) is 42.3 Å². The third-order valence-electron chi connectivity index (χ3n) is 2.92. The lowest BCUT2D eigenvalue weighted by Gasteiger charge is -2.15. The molecule has 1 aromatic heterocycles. The van der Waals surface area contributed by atoms with E-state index >= 15 is 0 Å². The summed E-state index contributed by atoms with van der Waals surface area (Å²) in [6.45, 7) is 5.10. The Morgan fingerprint density at radius 1 is 1.10 bits per heavy atom. The van der Waals surface area contributed by atoms with Gasteiger partial charge in [0, 0.05) is 15.7 Å². The highest BCUT2D eigenvalue weighted by molar-refractivity contribution is 14.1. The maximum Gasteiger partial charge on any atom is 0.139 e. The summed E-state index contributed by atoms with van der Waals surface area (Å²) in [6.07, 6.45) is 3.62. The van der Waals surface area contributed by atoms with Gasteiger partial charge in [0.2, 0.25) is 0 Å². The molecule has 20 heavy (non-hydrogen) atoms. The zero-order valence-corrected chi connectivity index (χ0v) is 13.9. The number of anilines is 3. The Morgan fingerprint density at radius 3 is 2.55 bits per heavy atom. The second-order valence-corrected chi connectivity index (χ2v) is 5.60. The van der Waals surface area contributed by atoms with Crippen molar-refractivity contribution < 1.29 is 0 Å². The van der Waals surface area contributed by atoms with Crippen LogP contribution in [0.15, 0.2) is 30.6 Å². The highest BCUT2D eigenvalue weighted by Crippen LogP contribution is 2.27. The molecule has 2 rings (SSSR count). The maximum absolute atomic E-state index is 4.41. The predicted molar refractivity (Wildman–Crippen MR) is 92.6 cm³/mol. The van der Waals surface area contributed by atoms with Gasteiger partial charge in [-0.3, -0.25) is 0 Å². The SMILES string of the molecule is CCCc1c(NCC)ncnc1Nc1ccccc1I. The van der Waals surface area contributed by atoms with Crippen molar-refractivity contribution in [1.29, 1.82) is 0 Å². The average Bonchev–Trinajstić information content (AvgIpc) is 2.45. The van der Waals surface area contributed by atoms with Crippen LogP contribution in [0.2, 0.25) is 0 Å². The molecule has 5 heteroatoms. The molecule has 4 nitrogen and oxygen atoms in total. The first-order valence-electron chi connectivity index (χ1n) is 6.85. The lowest BCUT2D eigenvalue weighted by atomic mass is 10.1. The zero-order valence-electron chi connectivity index (χ0n) is 11.8. The number of halogens is 1. The highest BCUT2D eigenvalue weighted by atomic mass is 127. The van der Waals surface area contributed by atoms with E-state index in [9.17, 15) is 0 Å². The maximum atomic E-state index is 4.41. The van der Waals surface area contributed by atoms with Gasteiger partial charge in [-0.05, 0) is 48.1 Å². The van der Waals surface area contributed by atoms with Crippen LogP contribution in [0, 0.1) is 3.57 Å². The van der Waals surface area contributed by atoms with Gasteiger partial charge < -0.3 is 10.6 Å². The van der Waals surface area contributed by atoms with Crippen molar-refractivity contribution in [2.75, 3.05) is 17.2 Å². The summed E-state index contributed by atoms with van der Waals surface area (Å²) in [5.41, 5.74) is 2.23. The molecule has 0 atom stereocenters. The van der Waals surface area contributed by atoms with Crippen molar-refractivity contribution >= 4 is 39.9 Å². The van der Waals surface area contributed by atoms with E-state index in [0.29, 0.717) is 0 Å². The Kier molecular flexibility index (Phi) is 5.58. The topological polar surface area (TPSA) is 49.8 Å². The number of para-hydroxylation sites is 1. The molecule has 2 N–H and O–H groups in total. The molecule has 0 saturated heterocycles. The fraction of sp³-hybridized carbons (Fsp3) is 0.333. The largest absolute Gasteiger partial charge is 0.370 e. The quantitative estimate of drug-likeness (QED) is 0.735. The molecular weight excluding hydrogens is 363 g/mol. The van der Waals surface area contributed by atoms with Crippen LogP contribution in [0.4, 0.5) is 17.3 Å². The lowest BCUT2D eigenvalue weighted by molar-refractivity contribution is 0.902. The van der Waals surface area contributed by atoms with Gasteiger partial charge >= 0.3 is 0 Å². The average molecular weight is 382 g/mol. The number of nitrogens with one attached hydrogen (secondary N) is 2. The number of benzene rings is 1. The Morgan fingerprint density at radius 2 is 1.85 bits per heavy atom. The molecule has 1 aromatic carbocycles. The molecule has 0 aliphatic rings. The van der Waals surface area contributed by atoms with E-state index in [-0.39, 0.29) is 0 Å². The standard InChI is InChI=1S/C15H19IN4/c1-3-7-11-14(17-4-2)18-10-19-15(11)20-13-9-6-5-8-12(13)16/h5-6,8-10H,3-4,7H2,1-2H3,(H2,17,18,19,20). The van der Waals surface area contributed by atoms with Gasteiger partial charge in [0.05, 0.1) is 5.69 Å². The molecule has 0 amide bonds. The summed E-state index contributed by atoms with van der Waals surface area (Å²) in [7, 11) is 0. The van der Waals surface area contributed by atoms with E-state index in [4.69, 9.17) is 0 Å². The second kappa shape index (κ2) is 7.42. The molecule has 0 saturated carbocycles. The van der Waals surface area contributed by atoms with E-state index in [1.54, 1.807) is 6.33 Å². The second-order valence-electron chi connectivity index (χ2n) is 4.43. The van der Waals surface area contributed by atoms with Crippen molar-refractivity contribution in [2.45, 2.75) is 26.7 Å². The van der Waals surface area contributed by atoms with Crippen molar-refractivity contribution in [3.63, 3.8) is 0 Å². The number of aromatic nitrogens is 2. The highest BCUT2D eigenvalue weighted by Gasteiger charge is 2.11. The first-order valence-corrected chi connectivity index (χ1v) is 7.93. The summed E-state index contributed by atoms with van der Waals surface area (Å²) in [5.74, 6) is 1.82. The van der Waals surface area contributed by atoms with Crippen molar-refractivity contribution in [2.24, 2.45) is 0 Å². The minimum atomic E-state index is 0.857. The van der Waals surface area contributed by atoms with Crippen molar-refractivity contribution in [3.8, 4) is 0 Å². The molecule has 0 bridgehead atoms. The van der Waals surface area contributed by atoms with E-state index in [1.165, 1.54) is 3.57 Å². The minimum absolute atomic E-state index is 0.857. The number of nitrogens with zero attached hydrogens (tertiary/aromatic N) is 2. The van der Waals surface area contributed by atoms with Crippen molar-refractivity contribution in [3.05, 3.63) is 39.7 Å². The number of hydrogen-bond donors (Lipinski definition) is 2. The molecule has 0 aliphatic carbocycles. The van der Waals surface area contributed by atoms with Crippen molar-refractivity contribution in [1.82, 2.24) is 9.97 Å². The molecule has 1 heterocycles. The molecule has 0 radical (unpaired) electrons. The minimum Gasteiger partial charge on any atom is -0.370 e. The summed E-state index contributed by atoms with van der Waals surface area (Å²) >= 11 is 2.32. The first-order chi connectivity index (χ1) is 9.76. The molecule has 0 unspecified atom stereocenters. The Balaban J connectivity index is 2.35. The van der Waals surface area contributed by atoms with E-state index in [2.05, 4.69) is 69.2 Å². The molecule has 2 aromatic rings. The van der Waals surface area contributed by atoms with Crippen LogP contribution in [0.5, 0.6) is 0 Å². The van der Waals surface area contributed by atoms with Crippen LogP contribution in [-0.2, 0) is 6.42 Å². The fourth-order valence-electron chi connectivity index (χ4n) is 2.02. The molecule has 0 aliphatic heterocycles. The van der Waals surface area contributed by atoms with Crippen LogP contribution in [0.25, 0.3) is 0 Å². The third-order valence-corrected chi connectivity index (χ3v) is 3.86. The van der Waals surface area contributed by atoms with Crippen LogP contribution in [0.3, 0.4) is 0 Å². The van der Waals surface area contributed by atoms with E-state index in [1.807, 2.05) is 12.1 Å². The third kappa shape index (κ3) is 3.59. The summed E-state index contributed by atoms with van der Waals surface area (Å²) in [4.78, 5) is 8.76. The van der Waals surface area contributed by atoms with Gasteiger partial charge in [-0.25, -0.2) is 9.97 Å². The lowest BCUT2D eigenvalue weighted by Crippen LogP contribution is -2.08. The number of hydrogen-bond acceptors (Lipinski definition) is 4. The first kappa shape index (κ1) is 15.0. The van der Waals surface area contributed by atoms with Gasteiger partial charge in [-0.15, -0.1) is 0 Å². The van der Waals surface area contributed by atoms with Gasteiger partial charge in [-0.2, -0.15) is 0 Å². The van der Waals surface area contributed by atoms with Crippen LogP contribution in [-0.4, -0.2) is 16.5 Å². The van der Waals surface area contributed by atoms with Crippen LogP contribution >= 0.6 is 22.6 Å². The monoisotopic (exact) mass is 382 g/mol. The molecule has 0 fully saturated rings. The molecule has 0 spiro atoms. The summed E-state index contributed by atoms with van der Waals surface area (Å²) < 4.78 is 1.18. The fourth-order valence-corrected chi connectivity index (χ4v) is 2.54. The van der Waals surface area contributed by atoms with Gasteiger partial charge in [0.15, 0.2) is 0 Å².